The summed E-state index contributed by atoms with van der Waals surface area (Å²) < 4.78 is 7.78. The molecule has 0 saturated heterocycles. The summed E-state index contributed by atoms with van der Waals surface area (Å²) in [6.07, 6.45) is 1.60. The fourth-order valence-electron chi connectivity index (χ4n) is 4.04. The third kappa shape index (κ3) is 6.48. The average molecular weight is 753 g/mol. The number of hydrogen-bond acceptors (Lipinski definition) is 5. The molecule has 0 aliphatic carbocycles. The van der Waals surface area contributed by atoms with E-state index in [0.29, 0.717) is 17.9 Å². The predicted molar refractivity (Wildman–Crippen MR) is 172 cm³/mol. The highest BCUT2D eigenvalue weighted by atomic mass is 127. The summed E-state index contributed by atoms with van der Waals surface area (Å²) in [6.45, 7) is 0.306. The van der Waals surface area contributed by atoms with Crippen molar-refractivity contribution in [3.05, 3.63) is 126 Å². The molecule has 0 aliphatic heterocycles. The van der Waals surface area contributed by atoms with Crippen molar-refractivity contribution in [1.29, 1.82) is 0 Å². The van der Waals surface area contributed by atoms with Gasteiger partial charge in [0.15, 0.2) is 0 Å². The number of benzene rings is 4. The number of carboxylic acid groups (broad SMARTS) is 1. The van der Waals surface area contributed by atoms with E-state index in [-0.39, 0.29) is 11.5 Å². The van der Waals surface area contributed by atoms with E-state index in [1.165, 1.54) is 0 Å². The molecule has 0 atom stereocenters. The van der Waals surface area contributed by atoms with Gasteiger partial charge in [-0.25, -0.2) is 15.2 Å². The zero-order valence-electron chi connectivity index (χ0n) is 20.8. The van der Waals surface area contributed by atoms with Gasteiger partial charge in [0.1, 0.15) is 12.4 Å². The van der Waals surface area contributed by atoms with Crippen molar-refractivity contribution in [2.45, 2.75) is 6.61 Å². The van der Waals surface area contributed by atoms with E-state index in [9.17, 15) is 9.59 Å². The number of rotatable bonds is 8. The Labute approximate surface area is 257 Å². The second kappa shape index (κ2) is 12.6. The van der Waals surface area contributed by atoms with Gasteiger partial charge in [-0.3, -0.25) is 4.79 Å². The Morgan fingerprint density at radius 1 is 0.900 bits per heavy atom. The molecule has 1 heterocycles. The largest absolute Gasteiger partial charge is 0.487 e. The molecule has 40 heavy (non-hydrogen) atoms. The number of aromatic nitrogens is 1. The molecule has 5 aromatic rings. The third-order valence-electron chi connectivity index (χ3n) is 6.01. The van der Waals surface area contributed by atoms with Gasteiger partial charge in [0.05, 0.1) is 35.7 Å². The van der Waals surface area contributed by atoms with Crippen LogP contribution in [0.2, 0.25) is 0 Å². The molecule has 7 nitrogen and oxygen atoms in total. The lowest BCUT2D eigenvalue weighted by Gasteiger charge is -2.12. The van der Waals surface area contributed by atoms with Gasteiger partial charge in [-0.2, -0.15) is 5.10 Å². The molecule has 1 aromatic heterocycles. The smallest absolute Gasteiger partial charge is 0.335 e. The summed E-state index contributed by atoms with van der Waals surface area (Å²) in [4.78, 5) is 29.0. The number of fused-ring (bicyclic) bond motifs is 1. The minimum absolute atomic E-state index is 0.234. The van der Waals surface area contributed by atoms with Crippen LogP contribution in [0.3, 0.4) is 0 Å². The van der Waals surface area contributed by atoms with Gasteiger partial charge in [-0.15, -0.1) is 0 Å². The first-order valence-electron chi connectivity index (χ1n) is 12.1. The fourth-order valence-corrected chi connectivity index (χ4v) is 6.16. The van der Waals surface area contributed by atoms with Crippen LogP contribution in [-0.2, 0) is 6.61 Å². The molecule has 5 rings (SSSR count). The van der Waals surface area contributed by atoms with E-state index in [2.05, 4.69) is 55.7 Å². The molecule has 0 fully saturated rings. The topological polar surface area (TPSA) is 101 Å². The number of aromatic carboxylic acids is 1. The van der Waals surface area contributed by atoms with Crippen molar-refractivity contribution in [1.82, 2.24) is 10.4 Å². The van der Waals surface area contributed by atoms with Crippen LogP contribution in [0.1, 0.15) is 31.8 Å². The van der Waals surface area contributed by atoms with Gasteiger partial charge < -0.3 is 9.84 Å². The number of pyridine rings is 1. The number of carbonyl (C=O) groups is 2. The van der Waals surface area contributed by atoms with E-state index < -0.39 is 5.97 Å². The number of halogens is 2. The summed E-state index contributed by atoms with van der Waals surface area (Å²) in [7, 11) is 0. The molecule has 0 radical (unpaired) electrons. The molecular formula is C31H21I2N3O4. The van der Waals surface area contributed by atoms with Crippen LogP contribution in [0, 0.1) is 7.14 Å². The van der Waals surface area contributed by atoms with Crippen molar-refractivity contribution >= 4 is 74.2 Å². The summed E-state index contributed by atoms with van der Waals surface area (Å²) >= 11 is 4.40. The molecule has 4 aromatic carbocycles. The Morgan fingerprint density at radius 2 is 1.57 bits per heavy atom. The Hall–Kier alpha value is -3.84. The predicted octanol–water partition coefficient (Wildman–Crippen LogP) is 7.15. The first-order chi connectivity index (χ1) is 19.4. The second-order valence-electron chi connectivity index (χ2n) is 8.74. The Balaban J connectivity index is 1.30. The van der Waals surface area contributed by atoms with E-state index in [1.807, 2.05) is 66.7 Å². The molecule has 0 spiro atoms. The maximum atomic E-state index is 13.2. The lowest BCUT2D eigenvalue weighted by atomic mass is 10.0. The van der Waals surface area contributed by atoms with E-state index in [0.717, 1.165) is 40.5 Å². The Morgan fingerprint density at radius 3 is 2.27 bits per heavy atom. The first-order valence-corrected chi connectivity index (χ1v) is 14.3. The third-order valence-corrected chi connectivity index (χ3v) is 7.62. The van der Waals surface area contributed by atoms with Gasteiger partial charge in [0, 0.05) is 10.9 Å². The SMILES string of the molecule is O=C(O)c1ccc(COc2c(I)cc(/C=N/NC(=O)c3cc(-c4ccccc4)nc4ccccc34)cc2I)cc1. The molecule has 0 bridgehead atoms. The van der Waals surface area contributed by atoms with E-state index >= 15 is 0 Å². The monoisotopic (exact) mass is 753 g/mol. The molecule has 198 valence electrons. The number of carboxylic acids is 1. The number of para-hydroxylation sites is 1. The number of nitrogens with one attached hydrogen (secondary N) is 1. The first kappa shape index (κ1) is 27.7. The van der Waals surface area contributed by atoms with Gasteiger partial charge >= 0.3 is 5.97 Å². The van der Waals surface area contributed by atoms with Gasteiger partial charge in [0.2, 0.25) is 0 Å². The van der Waals surface area contributed by atoms with Crippen LogP contribution in [0.5, 0.6) is 5.75 Å². The number of carbonyl (C=O) groups excluding carboxylic acids is 1. The van der Waals surface area contributed by atoms with Crippen molar-refractivity contribution in [2.75, 3.05) is 0 Å². The maximum absolute atomic E-state index is 13.2. The highest BCUT2D eigenvalue weighted by Crippen LogP contribution is 2.29. The highest BCUT2D eigenvalue weighted by molar-refractivity contribution is 14.1. The number of ether oxygens (including phenoxy) is 1. The van der Waals surface area contributed by atoms with Crippen molar-refractivity contribution < 1.29 is 19.4 Å². The summed E-state index contributed by atoms with van der Waals surface area (Å²) in [5.41, 5.74) is 7.42. The van der Waals surface area contributed by atoms with Crippen LogP contribution in [0.15, 0.2) is 102 Å². The van der Waals surface area contributed by atoms with Crippen LogP contribution < -0.4 is 10.2 Å². The summed E-state index contributed by atoms with van der Waals surface area (Å²) in [6, 6.07) is 29.5. The quantitative estimate of drug-likeness (QED) is 0.0997. The van der Waals surface area contributed by atoms with E-state index in [4.69, 9.17) is 14.8 Å². The summed E-state index contributed by atoms with van der Waals surface area (Å²) in [5.74, 6) is -0.567. The second-order valence-corrected chi connectivity index (χ2v) is 11.1. The van der Waals surface area contributed by atoms with Crippen molar-refractivity contribution in [3.63, 3.8) is 0 Å². The van der Waals surface area contributed by atoms with Crippen LogP contribution in [0.4, 0.5) is 0 Å². The maximum Gasteiger partial charge on any atom is 0.335 e. The normalized spacial score (nSPS) is 11.1. The van der Waals surface area contributed by atoms with Crippen molar-refractivity contribution in [2.24, 2.45) is 5.10 Å². The minimum atomic E-state index is -0.962. The van der Waals surface area contributed by atoms with Crippen LogP contribution in [-0.4, -0.2) is 28.2 Å². The highest BCUT2D eigenvalue weighted by Gasteiger charge is 2.14. The standard InChI is InChI=1S/C31H21I2N3O4/c32-25-14-20(15-26(33)29(25)40-18-19-10-12-22(13-11-19)31(38)39)17-34-36-30(37)24-16-28(21-6-2-1-3-7-21)35-27-9-5-4-8-23(24)27/h1-17H,18H2,(H,36,37)(H,38,39)/b34-17+. The number of amides is 1. The number of nitrogens with zero attached hydrogens (tertiary/aromatic N) is 2. The zero-order chi connectivity index (χ0) is 28.1. The molecule has 1 amide bonds. The Bertz CT molecular complexity index is 1720. The van der Waals surface area contributed by atoms with Crippen molar-refractivity contribution in [3.8, 4) is 17.0 Å². The zero-order valence-corrected chi connectivity index (χ0v) is 25.2. The Kier molecular flexibility index (Phi) is 8.70. The van der Waals surface area contributed by atoms with Crippen LogP contribution >= 0.6 is 45.2 Å². The van der Waals surface area contributed by atoms with Crippen LogP contribution in [0.25, 0.3) is 22.2 Å². The van der Waals surface area contributed by atoms with Gasteiger partial charge in [-0.1, -0.05) is 60.7 Å². The molecular weight excluding hydrogens is 732 g/mol. The number of hydrazone groups is 1. The van der Waals surface area contributed by atoms with Gasteiger partial charge in [0.25, 0.3) is 5.91 Å². The van der Waals surface area contributed by atoms with Gasteiger partial charge in [-0.05, 0) is 92.7 Å². The minimum Gasteiger partial charge on any atom is -0.487 e. The van der Waals surface area contributed by atoms with E-state index in [1.54, 1.807) is 36.5 Å². The fraction of sp³-hybridized carbons (Fsp3) is 0.0323. The summed E-state index contributed by atoms with van der Waals surface area (Å²) in [5, 5.41) is 14.0. The average Bonchev–Trinajstić information content (AvgIpc) is 2.96. The molecule has 0 saturated carbocycles. The lowest BCUT2D eigenvalue weighted by Crippen LogP contribution is -2.18. The lowest BCUT2D eigenvalue weighted by molar-refractivity contribution is 0.0696. The molecule has 0 unspecified atom stereocenters. The molecule has 9 heteroatoms. The molecule has 2 N–H and O–H groups in total. The molecule has 0 aliphatic rings. The number of hydrogen-bond donors (Lipinski definition) is 2.